The number of nitrogen functional groups attached to an aromatic ring is 1. The number of halogens is 3. The molecule has 1 amide bonds. The molecule has 3 aromatic rings. The fraction of sp³-hybridized carbons (Fsp3) is 0.130. The number of carboxylic acids is 1. The molecule has 0 radical (unpaired) electrons. The van der Waals surface area contributed by atoms with Crippen LogP contribution in [0.25, 0.3) is 9.75 Å². The zero-order chi connectivity index (χ0) is 28.9. The largest absolute Gasteiger partial charge is 0.491 e. The fourth-order valence-electron chi connectivity index (χ4n) is 2.83. The molecule has 16 heteroatoms. The third-order valence-corrected chi connectivity index (χ3v) is 7.01. The number of alkyl halides is 3. The Morgan fingerprint density at radius 3 is 2.05 bits per heavy atom. The Labute approximate surface area is 224 Å². The monoisotopic (exact) mass is 583 g/mol. The number of amidine groups is 1. The van der Waals surface area contributed by atoms with Crippen LogP contribution in [0, 0.1) is 5.41 Å². The van der Waals surface area contributed by atoms with Gasteiger partial charge in [-0.05, 0) is 48.5 Å². The van der Waals surface area contributed by atoms with Crippen molar-refractivity contribution in [1.29, 1.82) is 5.41 Å². The van der Waals surface area contributed by atoms with Gasteiger partial charge < -0.3 is 25.6 Å². The molecule has 2 heterocycles. The summed E-state index contributed by atoms with van der Waals surface area (Å²) < 4.78 is 45.5. The van der Waals surface area contributed by atoms with Crippen molar-refractivity contribution in [2.24, 2.45) is 5.73 Å². The lowest BCUT2D eigenvalue weighted by Gasteiger charge is -2.13. The van der Waals surface area contributed by atoms with Gasteiger partial charge in [-0.1, -0.05) is 0 Å². The third kappa shape index (κ3) is 7.71. The van der Waals surface area contributed by atoms with Crippen LogP contribution in [-0.2, 0) is 19.1 Å². The van der Waals surface area contributed by atoms with Gasteiger partial charge >= 0.3 is 30.1 Å². The van der Waals surface area contributed by atoms with Gasteiger partial charge in [0.1, 0.15) is 22.5 Å². The molecule has 0 unspecified atom stereocenters. The summed E-state index contributed by atoms with van der Waals surface area (Å²) >= 11 is 1.97. The standard InChI is InChI=1S/C23H16F3N3O8S2/c24-23(25,26)22(35)37-17(30)9-12(20(32)33)29-19(31)15-7-5-13(38-15)14-6-8-16(39-14)21(34)36-11-3-1-10(2-4-11)18(27)28/h1-8,12H,9H2,(H3,27,28)(H,29,31)(H,32,33)/t12-/m0/s1. The normalized spacial score (nSPS) is 11.8. The first-order valence-electron chi connectivity index (χ1n) is 10.5. The summed E-state index contributed by atoms with van der Waals surface area (Å²) in [6.45, 7) is 0. The molecule has 39 heavy (non-hydrogen) atoms. The molecule has 0 saturated heterocycles. The molecule has 3 rings (SSSR count). The van der Waals surface area contributed by atoms with E-state index in [1.54, 1.807) is 6.07 Å². The summed E-state index contributed by atoms with van der Waals surface area (Å²) in [6.07, 6.45) is -6.68. The molecular formula is C23H16F3N3O8S2. The highest BCUT2D eigenvalue weighted by molar-refractivity contribution is 7.23. The smallest absolute Gasteiger partial charge is 0.480 e. The van der Waals surface area contributed by atoms with Crippen molar-refractivity contribution in [2.75, 3.05) is 0 Å². The Morgan fingerprint density at radius 1 is 0.949 bits per heavy atom. The predicted molar refractivity (Wildman–Crippen MR) is 131 cm³/mol. The number of carboxylic acid groups (broad SMARTS) is 1. The van der Waals surface area contributed by atoms with Crippen LogP contribution in [0.5, 0.6) is 5.75 Å². The maximum atomic E-state index is 12.5. The number of nitrogens with one attached hydrogen (secondary N) is 2. The van der Waals surface area contributed by atoms with Crippen LogP contribution in [0.3, 0.4) is 0 Å². The number of rotatable bonds is 9. The molecule has 1 atom stereocenters. The lowest BCUT2D eigenvalue weighted by molar-refractivity contribution is -0.202. The first-order valence-corrected chi connectivity index (χ1v) is 12.1. The number of hydrogen-bond acceptors (Lipinski definition) is 10. The summed E-state index contributed by atoms with van der Waals surface area (Å²) in [5.41, 5.74) is 5.84. The Balaban J connectivity index is 1.63. The quantitative estimate of drug-likeness (QED) is 0.0965. The molecule has 2 aromatic heterocycles. The van der Waals surface area contributed by atoms with Crippen LogP contribution in [0.2, 0.25) is 0 Å². The minimum absolute atomic E-state index is 0.000858. The van der Waals surface area contributed by atoms with E-state index >= 15 is 0 Å². The van der Waals surface area contributed by atoms with Gasteiger partial charge in [-0.2, -0.15) is 13.2 Å². The van der Waals surface area contributed by atoms with E-state index in [4.69, 9.17) is 15.9 Å². The zero-order valence-electron chi connectivity index (χ0n) is 19.2. The van der Waals surface area contributed by atoms with E-state index in [1.807, 2.05) is 5.32 Å². The van der Waals surface area contributed by atoms with E-state index < -0.39 is 48.4 Å². The molecule has 204 valence electrons. The number of amides is 1. The second kappa shape index (κ2) is 11.9. The van der Waals surface area contributed by atoms with Gasteiger partial charge in [-0.15, -0.1) is 22.7 Å². The van der Waals surface area contributed by atoms with E-state index in [-0.39, 0.29) is 21.3 Å². The number of aliphatic carboxylic acids is 1. The summed E-state index contributed by atoms with van der Waals surface area (Å²) in [5.74, 6) is -7.85. The first-order chi connectivity index (χ1) is 18.2. The lowest BCUT2D eigenvalue weighted by atomic mass is 10.2. The van der Waals surface area contributed by atoms with Crippen LogP contribution >= 0.6 is 22.7 Å². The predicted octanol–water partition coefficient (Wildman–Crippen LogP) is 3.19. The van der Waals surface area contributed by atoms with E-state index in [0.717, 1.165) is 22.7 Å². The summed E-state index contributed by atoms with van der Waals surface area (Å²) in [5, 5.41) is 18.6. The summed E-state index contributed by atoms with van der Waals surface area (Å²) in [4.78, 5) is 59.9. The average molecular weight is 584 g/mol. The molecule has 0 bridgehead atoms. The van der Waals surface area contributed by atoms with Crippen molar-refractivity contribution in [3.63, 3.8) is 0 Å². The first kappa shape index (κ1) is 29.0. The van der Waals surface area contributed by atoms with Crippen LogP contribution in [-0.4, -0.2) is 52.9 Å². The highest BCUT2D eigenvalue weighted by atomic mass is 32.1. The lowest BCUT2D eigenvalue weighted by Crippen LogP contribution is -2.43. The van der Waals surface area contributed by atoms with Crippen LogP contribution < -0.4 is 15.8 Å². The zero-order valence-corrected chi connectivity index (χ0v) is 20.9. The Morgan fingerprint density at radius 2 is 1.51 bits per heavy atom. The third-order valence-electron chi connectivity index (χ3n) is 4.67. The number of carbonyl (C=O) groups excluding carboxylic acids is 4. The maximum Gasteiger partial charge on any atom is 0.491 e. The van der Waals surface area contributed by atoms with Crippen molar-refractivity contribution in [2.45, 2.75) is 18.6 Å². The number of nitrogens with two attached hydrogens (primary N) is 1. The van der Waals surface area contributed by atoms with Gasteiger partial charge in [-0.3, -0.25) is 15.0 Å². The van der Waals surface area contributed by atoms with Gasteiger partial charge in [0.05, 0.1) is 11.3 Å². The van der Waals surface area contributed by atoms with E-state index in [9.17, 15) is 42.3 Å². The van der Waals surface area contributed by atoms with Crippen LogP contribution in [0.1, 0.15) is 31.3 Å². The maximum absolute atomic E-state index is 12.5. The van der Waals surface area contributed by atoms with Crippen molar-refractivity contribution in [1.82, 2.24) is 5.32 Å². The summed E-state index contributed by atoms with van der Waals surface area (Å²) in [6, 6.07) is 9.98. The van der Waals surface area contributed by atoms with Gasteiger partial charge in [0.2, 0.25) is 0 Å². The molecule has 5 N–H and O–H groups in total. The highest BCUT2D eigenvalue weighted by Gasteiger charge is 2.43. The number of carbonyl (C=O) groups is 5. The van der Waals surface area contributed by atoms with Gasteiger partial charge in [0.25, 0.3) is 5.91 Å². The minimum Gasteiger partial charge on any atom is -0.480 e. The number of thiophene rings is 2. The second-order valence-electron chi connectivity index (χ2n) is 7.48. The molecule has 0 spiro atoms. The van der Waals surface area contributed by atoms with Crippen molar-refractivity contribution >= 4 is 58.3 Å². The SMILES string of the molecule is N=C(N)c1ccc(OC(=O)c2ccc(-c3ccc(C(=O)N[C@@H](CC(=O)OC(=O)C(F)(F)F)C(=O)O)s3)s2)cc1. The molecule has 0 aliphatic heterocycles. The Kier molecular flexibility index (Phi) is 8.82. The average Bonchev–Trinajstić information content (AvgIpc) is 3.53. The number of hydrogen-bond donors (Lipinski definition) is 4. The van der Waals surface area contributed by atoms with Crippen molar-refractivity contribution < 1.29 is 51.7 Å². The van der Waals surface area contributed by atoms with E-state index in [0.29, 0.717) is 15.3 Å². The number of ether oxygens (including phenoxy) is 2. The van der Waals surface area contributed by atoms with E-state index in [2.05, 4.69) is 4.74 Å². The number of benzene rings is 1. The minimum atomic E-state index is -5.45. The molecule has 0 fully saturated rings. The number of esters is 3. The van der Waals surface area contributed by atoms with Crippen molar-refractivity contribution in [3.05, 3.63) is 63.8 Å². The molecule has 0 aliphatic rings. The van der Waals surface area contributed by atoms with Gasteiger partial charge in [0.15, 0.2) is 0 Å². The van der Waals surface area contributed by atoms with Crippen LogP contribution in [0.15, 0.2) is 48.5 Å². The van der Waals surface area contributed by atoms with Gasteiger partial charge in [-0.25, -0.2) is 14.4 Å². The highest BCUT2D eigenvalue weighted by Crippen LogP contribution is 2.34. The van der Waals surface area contributed by atoms with E-state index in [1.165, 1.54) is 42.5 Å². The molecule has 0 aliphatic carbocycles. The fourth-order valence-corrected chi connectivity index (χ4v) is 4.71. The second-order valence-corrected chi connectivity index (χ2v) is 9.65. The van der Waals surface area contributed by atoms with Crippen LogP contribution in [0.4, 0.5) is 13.2 Å². The molecular weight excluding hydrogens is 567 g/mol. The Hall–Kier alpha value is -4.57. The topological polar surface area (TPSA) is 186 Å². The Bertz CT molecular complexity index is 1450. The van der Waals surface area contributed by atoms with Gasteiger partial charge in [0, 0.05) is 15.3 Å². The summed E-state index contributed by atoms with van der Waals surface area (Å²) in [7, 11) is 0. The molecule has 0 saturated carbocycles. The van der Waals surface area contributed by atoms with Crippen molar-refractivity contribution in [3.8, 4) is 15.5 Å². The molecule has 11 nitrogen and oxygen atoms in total. The molecule has 1 aromatic carbocycles.